The minimum atomic E-state index is 0.133. The molecule has 0 spiro atoms. The normalized spacial score (nSPS) is 11.8. The third-order valence-electron chi connectivity index (χ3n) is 2.41. The lowest BCUT2D eigenvalue weighted by Gasteiger charge is -2.11. The van der Waals surface area contributed by atoms with Crippen LogP contribution in [0.1, 0.15) is 36.6 Å². The van der Waals surface area contributed by atoms with Gasteiger partial charge < -0.3 is 10.9 Å². The van der Waals surface area contributed by atoms with E-state index in [0.717, 1.165) is 40.4 Å². The number of thioether (sulfide) groups is 1. The minimum absolute atomic E-state index is 0.133. The molecule has 0 atom stereocenters. The molecule has 0 aliphatic rings. The fourth-order valence-electron chi connectivity index (χ4n) is 1.58. The third kappa shape index (κ3) is 3.63. The summed E-state index contributed by atoms with van der Waals surface area (Å²) in [6.07, 6.45) is 2.28. The second kappa shape index (κ2) is 6.49. The second-order valence-electron chi connectivity index (χ2n) is 3.95. The Kier molecular flexibility index (Phi) is 5.28. The number of hydrogen-bond acceptors (Lipinski definition) is 4. The van der Waals surface area contributed by atoms with Gasteiger partial charge in [-0.25, -0.2) is 4.98 Å². The molecule has 0 aliphatic carbocycles. The molecule has 5 heteroatoms. The maximum atomic E-state index is 8.80. The Hall–Kier alpha value is -1.23. The first-order valence-corrected chi connectivity index (χ1v) is 6.67. The first-order chi connectivity index (χ1) is 8.10. The summed E-state index contributed by atoms with van der Waals surface area (Å²) < 4.78 is 0. The maximum absolute atomic E-state index is 8.80. The number of rotatable bonds is 5. The van der Waals surface area contributed by atoms with Crippen molar-refractivity contribution < 1.29 is 5.21 Å². The van der Waals surface area contributed by atoms with E-state index >= 15 is 0 Å². The van der Waals surface area contributed by atoms with Crippen LogP contribution in [0.4, 0.5) is 0 Å². The molecule has 0 saturated carbocycles. The molecule has 4 nitrogen and oxygen atoms in total. The van der Waals surface area contributed by atoms with E-state index in [1.165, 1.54) is 0 Å². The smallest absolute Gasteiger partial charge is 0.173 e. The molecule has 1 aromatic heterocycles. The van der Waals surface area contributed by atoms with Crippen LogP contribution in [0.2, 0.25) is 0 Å². The predicted molar refractivity (Wildman–Crippen MR) is 71.9 cm³/mol. The van der Waals surface area contributed by atoms with E-state index in [2.05, 4.69) is 17.1 Å². The Morgan fingerprint density at radius 2 is 2.24 bits per heavy atom. The highest BCUT2D eigenvalue weighted by atomic mass is 32.2. The average molecular weight is 253 g/mol. The molecular formula is C12H19N3OS. The second-order valence-corrected chi connectivity index (χ2v) is 5.03. The Labute approximate surface area is 106 Å². The number of amidine groups is 1. The molecule has 0 fully saturated rings. The van der Waals surface area contributed by atoms with E-state index in [1.54, 1.807) is 11.8 Å². The Balaban J connectivity index is 3.07. The van der Waals surface area contributed by atoms with Crippen molar-refractivity contribution in [3.63, 3.8) is 0 Å². The number of oxime groups is 1. The maximum Gasteiger partial charge on any atom is 0.173 e. The first-order valence-electron chi connectivity index (χ1n) is 5.69. The van der Waals surface area contributed by atoms with Crippen molar-refractivity contribution in [1.29, 1.82) is 0 Å². The summed E-state index contributed by atoms with van der Waals surface area (Å²) in [7, 11) is 0. The molecule has 0 saturated heterocycles. The molecule has 0 amide bonds. The van der Waals surface area contributed by atoms with Gasteiger partial charge in [-0.2, -0.15) is 0 Å². The van der Waals surface area contributed by atoms with Crippen LogP contribution in [-0.4, -0.2) is 21.8 Å². The van der Waals surface area contributed by atoms with Crippen molar-refractivity contribution in [2.45, 2.75) is 38.6 Å². The Bertz CT molecular complexity index is 418. The van der Waals surface area contributed by atoms with E-state index in [0.29, 0.717) is 0 Å². The van der Waals surface area contributed by atoms with Gasteiger partial charge in [0.2, 0.25) is 0 Å². The van der Waals surface area contributed by atoms with E-state index in [1.807, 2.05) is 19.9 Å². The number of aromatic nitrogens is 1. The number of unbranched alkanes of at least 4 members (excludes halogenated alkanes) is 1. The van der Waals surface area contributed by atoms with Gasteiger partial charge in [0.05, 0.1) is 5.56 Å². The van der Waals surface area contributed by atoms with Crippen molar-refractivity contribution >= 4 is 17.6 Å². The van der Waals surface area contributed by atoms with E-state index in [-0.39, 0.29) is 5.84 Å². The lowest BCUT2D eigenvalue weighted by molar-refractivity contribution is 0.318. The van der Waals surface area contributed by atoms with Gasteiger partial charge in [-0.1, -0.05) is 18.5 Å². The fourth-order valence-corrected chi connectivity index (χ4v) is 2.83. The van der Waals surface area contributed by atoms with Gasteiger partial charge >= 0.3 is 0 Å². The van der Waals surface area contributed by atoms with Gasteiger partial charge in [-0.3, -0.25) is 0 Å². The monoisotopic (exact) mass is 253 g/mol. The highest BCUT2D eigenvalue weighted by Crippen LogP contribution is 2.24. The molecule has 1 heterocycles. The molecule has 17 heavy (non-hydrogen) atoms. The van der Waals surface area contributed by atoms with Crippen LogP contribution in [0.15, 0.2) is 16.2 Å². The lowest BCUT2D eigenvalue weighted by atomic mass is 10.1. The third-order valence-corrected chi connectivity index (χ3v) is 3.47. The van der Waals surface area contributed by atoms with E-state index < -0.39 is 0 Å². The minimum Gasteiger partial charge on any atom is -0.409 e. The molecule has 0 aromatic carbocycles. The van der Waals surface area contributed by atoms with Crippen molar-refractivity contribution in [2.75, 3.05) is 5.75 Å². The van der Waals surface area contributed by atoms with Crippen LogP contribution in [0.25, 0.3) is 0 Å². The van der Waals surface area contributed by atoms with Crippen molar-refractivity contribution in [3.8, 4) is 0 Å². The summed E-state index contributed by atoms with van der Waals surface area (Å²) in [6, 6.07) is 1.94. The van der Waals surface area contributed by atoms with E-state index in [9.17, 15) is 0 Å². The summed E-state index contributed by atoms with van der Waals surface area (Å²) in [5.74, 6) is 1.13. The summed E-state index contributed by atoms with van der Waals surface area (Å²) in [5, 5.41) is 12.7. The fraction of sp³-hybridized carbons (Fsp3) is 0.500. The summed E-state index contributed by atoms with van der Waals surface area (Å²) in [5.41, 5.74) is 8.39. The molecule has 0 radical (unpaired) electrons. The van der Waals surface area contributed by atoms with Crippen LogP contribution in [-0.2, 0) is 0 Å². The number of nitrogens with two attached hydrogens (primary N) is 1. The Morgan fingerprint density at radius 1 is 1.53 bits per heavy atom. The zero-order valence-electron chi connectivity index (χ0n) is 10.5. The van der Waals surface area contributed by atoms with E-state index in [4.69, 9.17) is 10.9 Å². The van der Waals surface area contributed by atoms with Crippen LogP contribution in [0.3, 0.4) is 0 Å². The van der Waals surface area contributed by atoms with Crippen LogP contribution in [0, 0.1) is 13.8 Å². The Morgan fingerprint density at radius 3 is 2.82 bits per heavy atom. The first kappa shape index (κ1) is 13.8. The predicted octanol–water partition coefficient (Wildman–Crippen LogP) is 2.69. The quantitative estimate of drug-likeness (QED) is 0.211. The van der Waals surface area contributed by atoms with Gasteiger partial charge in [-0.05, 0) is 37.7 Å². The van der Waals surface area contributed by atoms with Crippen molar-refractivity contribution in [3.05, 3.63) is 22.9 Å². The van der Waals surface area contributed by atoms with Gasteiger partial charge in [0.15, 0.2) is 5.84 Å². The van der Waals surface area contributed by atoms with Gasteiger partial charge in [0.25, 0.3) is 0 Å². The van der Waals surface area contributed by atoms with Gasteiger partial charge in [0, 0.05) is 5.69 Å². The largest absolute Gasteiger partial charge is 0.409 e. The highest BCUT2D eigenvalue weighted by molar-refractivity contribution is 7.99. The molecule has 0 unspecified atom stereocenters. The van der Waals surface area contributed by atoms with Crippen LogP contribution >= 0.6 is 11.8 Å². The zero-order chi connectivity index (χ0) is 12.8. The lowest BCUT2D eigenvalue weighted by Crippen LogP contribution is -2.17. The molecule has 0 bridgehead atoms. The average Bonchev–Trinajstić information content (AvgIpc) is 2.28. The van der Waals surface area contributed by atoms with Crippen molar-refractivity contribution in [2.24, 2.45) is 10.9 Å². The summed E-state index contributed by atoms with van der Waals surface area (Å²) in [4.78, 5) is 4.47. The standard InChI is InChI=1S/C12H19N3OS/c1-4-5-6-17-12-10(11(13)15-16)8(2)7-9(3)14-12/h7,16H,4-6H2,1-3H3,(H2,13,15). The topological polar surface area (TPSA) is 71.5 Å². The van der Waals surface area contributed by atoms with Crippen LogP contribution in [0.5, 0.6) is 0 Å². The molecule has 94 valence electrons. The summed E-state index contributed by atoms with van der Waals surface area (Å²) in [6.45, 7) is 6.05. The van der Waals surface area contributed by atoms with Gasteiger partial charge in [0.1, 0.15) is 5.03 Å². The molecular weight excluding hydrogens is 234 g/mol. The highest BCUT2D eigenvalue weighted by Gasteiger charge is 2.13. The molecule has 3 N–H and O–H groups in total. The summed E-state index contributed by atoms with van der Waals surface area (Å²) >= 11 is 1.66. The van der Waals surface area contributed by atoms with Gasteiger partial charge in [-0.15, -0.1) is 11.8 Å². The number of hydrogen-bond donors (Lipinski definition) is 2. The SMILES string of the molecule is CCCCSc1nc(C)cc(C)c1C(N)=NO. The van der Waals surface area contributed by atoms with Crippen LogP contribution < -0.4 is 5.73 Å². The number of aryl methyl sites for hydroxylation is 2. The molecule has 1 rings (SSSR count). The molecule has 1 aromatic rings. The molecule has 0 aliphatic heterocycles. The number of pyridine rings is 1. The zero-order valence-corrected chi connectivity index (χ0v) is 11.3. The number of nitrogens with zero attached hydrogens (tertiary/aromatic N) is 2. The van der Waals surface area contributed by atoms with Crippen molar-refractivity contribution in [1.82, 2.24) is 4.98 Å².